The number of hydrogen-bond acceptors (Lipinski definition) is 3. The van der Waals surface area contributed by atoms with Crippen molar-refractivity contribution in [3.63, 3.8) is 0 Å². The maximum atomic E-state index is 11.6. The number of carboxylic acid groups (broad SMARTS) is 1. The SMILES string of the molecule is CC(C)NC(=O)C(C)N(C)CCCC(=O)O. The van der Waals surface area contributed by atoms with Gasteiger partial charge in [0.2, 0.25) is 5.91 Å². The van der Waals surface area contributed by atoms with Gasteiger partial charge < -0.3 is 10.4 Å². The first kappa shape index (κ1) is 14.9. The average Bonchev–Trinajstić information content (AvgIpc) is 2.14. The molecular formula is C11H22N2O3. The Balaban J connectivity index is 3.92. The fraction of sp³-hybridized carbons (Fsp3) is 0.818. The molecule has 0 radical (unpaired) electrons. The number of carbonyl (C=O) groups is 2. The molecule has 0 saturated heterocycles. The molecule has 0 heterocycles. The summed E-state index contributed by atoms with van der Waals surface area (Å²) in [5.41, 5.74) is 0. The zero-order valence-corrected chi connectivity index (χ0v) is 10.5. The van der Waals surface area contributed by atoms with Crippen molar-refractivity contribution in [3.05, 3.63) is 0 Å². The summed E-state index contributed by atoms with van der Waals surface area (Å²) >= 11 is 0. The minimum atomic E-state index is -0.798. The van der Waals surface area contributed by atoms with Crippen molar-refractivity contribution in [1.82, 2.24) is 10.2 Å². The van der Waals surface area contributed by atoms with Gasteiger partial charge in [-0.3, -0.25) is 14.5 Å². The lowest BCUT2D eigenvalue weighted by molar-refractivity contribution is -0.137. The molecule has 0 aliphatic carbocycles. The molecule has 0 rings (SSSR count). The summed E-state index contributed by atoms with van der Waals surface area (Å²) in [5.74, 6) is -0.819. The van der Waals surface area contributed by atoms with Crippen LogP contribution in [0.5, 0.6) is 0 Å². The summed E-state index contributed by atoms with van der Waals surface area (Å²) in [6.45, 7) is 6.25. The Morgan fingerprint density at radius 3 is 2.31 bits per heavy atom. The highest BCUT2D eigenvalue weighted by Crippen LogP contribution is 2.00. The van der Waals surface area contributed by atoms with E-state index in [0.29, 0.717) is 13.0 Å². The molecule has 5 heteroatoms. The summed E-state index contributed by atoms with van der Waals surface area (Å²) in [6.07, 6.45) is 0.702. The van der Waals surface area contributed by atoms with Crippen LogP contribution >= 0.6 is 0 Å². The van der Waals surface area contributed by atoms with Crippen molar-refractivity contribution in [2.45, 2.75) is 45.7 Å². The third kappa shape index (κ3) is 6.40. The van der Waals surface area contributed by atoms with Crippen molar-refractivity contribution in [2.24, 2.45) is 0 Å². The van der Waals surface area contributed by atoms with Crippen LogP contribution in [0.3, 0.4) is 0 Å². The van der Waals surface area contributed by atoms with Gasteiger partial charge in [0.05, 0.1) is 6.04 Å². The predicted octanol–water partition coefficient (Wildman–Crippen LogP) is 0.696. The van der Waals surface area contributed by atoms with Crippen molar-refractivity contribution < 1.29 is 14.7 Å². The Morgan fingerprint density at radius 2 is 1.88 bits per heavy atom. The van der Waals surface area contributed by atoms with Crippen LogP contribution in [0.1, 0.15) is 33.6 Å². The topological polar surface area (TPSA) is 69.6 Å². The van der Waals surface area contributed by atoms with E-state index in [1.54, 1.807) is 0 Å². The molecule has 1 amide bonds. The molecule has 94 valence electrons. The van der Waals surface area contributed by atoms with E-state index >= 15 is 0 Å². The quantitative estimate of drug-likeness (QED) is 0.675. The molecule has 0 spiro atoms. The number of aliphatic carboxylic acids is 1. The molecule has 0 bridgehead atoms. The maximum Gasteiger partial charge on any atom is 0.303 e. The first-order valence-corrected chi connectivity index (χ1v) is 5.57. The Morgan fingerprint density at radius 1 is 1.31 bits per heavy atom. The Hall–Kier alpha value is -1.10. The molecule has 0 aliphatic heterocycles. The Kier molecular flexibility index (Phi) is 6.72. The van der Waals surface area contributed by atoms with Crippen LogP contribution in [0, 0.1) is 0 Å². The normalized spacial score (nSPS) is 12.9. The molecule has 1 atom stereocenters. The molecule has 0 aliphatic rings. The fourth-order valence-corrected chi connectivity index (χ4v) is 1.28. The van der Waals surface area contributed by atoms with Crippen molar-refractivity contribution in [1.29, 1.82) is 0 Å². The summed E-state index contributed by atoms with van der Waals surface area (Å²) in [6, 6.07) is -0.0986. The van der Waals surface area contributed by atoms with E-state index in [-0.39, 0.29) is 24.4 Å². The third-order valence-corrected chi connectivity index (χ3v) is 2.37. The monoisotopic (exact) mass is 230 g/mol. The lowest BCUT2D eigenvalue weighted by Gasteiger charge is -2.24. The van der Waals surface area contributed by atoms with E-state index in [1.807, 2.05) is 32.7 Å². The lowest BCUT2D eigenvalue weighted by Crippen LogP contribution is -2.45. The van der Waals surface area contributed by atoms with Crippen LogP contribution in [-0.4, -0.2) is 47.6 Å². The number of carboxylic acids is 1. The fourth-order valence-electron chi connectivity index (χ4n) is 1.28. The van der Waals surface area contributed by atoms with Gasteiger partial charge in [-0.25, -0.2) is 0 Å². The number of carbonyl (C=O) groups excluding carboxylic acids is 1. The number of hydrogen-bond donors (Lipinski definition) is 2. The van der Waals surface area contributed by atoms with Crippen LogP contribution in [0.2, 0.25) is 0 Å². The molecule has 1 unspecified atom stereocenters. The maximum absolute atomic E-state index is 11.6. The minimum Gasteiger partial charge on any atom is -0.481 e. The van der Waals surface area contributed by atoms with Crippen molar-refractivity contribution >= 4 is 11.9 Å². The molecule has 0 fully saturated rings. The van der Waals surface area contributed by atoms with Crippen LogP contribution in [-0.2, 0) is 9.59 Å². The number of rotatable bonds is 7. The van der Waals surface area contributed by atoms with Gasteiger partial charge >= 0.3 is 5.97 Å². The molecule has 0 saturated carbocycles. The van der Waals surface area contributed by atoms with E-state index < -0.39 is 5.97 Å². The van der Waals surface area contributed by atoms with Crippen molar-refractivity contribution in [3.8, 4) is 0 Å². The summed E-state index contributed by atoms with van der Waals surface area (Å²) in [7, 11) is 1.83. The standard InChI is InChI=1S/C11H22N2O3/c1-8(2)12-11(16)9(3)13(4)7-5-6-10(14)15/h8-9H,5-7H2,1-4H3,(H,12,16)(H,14,15). The Labute approximate surface area is 96.8 Å². The third-order valence-electron chi connectivity index (χ3n) is 2.37. The van der Waals surface area contributed by atoms with Crippen LogP contribution in [0.4, 0.5) is 0 Å². The number of nitrogens with one attached hydrogen (secondary N) is 1. The first-order chi connectivity index (χ1) is 7.34. The lowest BCUT2D eigenvalue weighted by atomic mass is 10.2. The van der Waals surface area contributed by atoms with E-state index in [1.165, 1.54) is 0 Å². The van der Waals surface area contributed by atoms with Gasteiger partial charge in [0.1, 0.15) is 0 Å². The van der Waals surface area contributed by atoms with Crippen molar-refractivity contribution in [2.75, 3.05) is 13.6 Å². The van der Waals surface area contributed by atoms with Gasteiger partial charge in [0.15, 0.2) is 0 Å². The zero-order valence-electron chi connectivity index (χ0n) is 10.5. The molecule has 0 aromatic rings. The summed E-state index contributed by atoms with van der Waals surface area (Å²) in [4.78, 5) is 23.8. The second-order valence-electron chi connectivity index (χ2n) is 4.32. The number of likely N-dealkylation sites (N-methyl/N-ethyl adjacent to an activating group) is 1. The minimum absolute atomic E-state index is 0.0205. The van der Waals surface area contributed by atoms with Gasteiger partial charge in [-0.1, -0.05) is 0 Å². The van der Waals surface area contributed by atoms with E-state index in [2.05, 4.69) is 5.32 Å². The van der Waals surface area contributed by atoms with E-state index in [0.717, 1.165) is 0 Å². The highest BCUT2D eigenvalue weighted by molar-refractivity contribution is 5.81. The molecule has 16 heavy (non-hydrogen) atoms. The van der Waals surface area contributed by atoms with Gasteiger partial charge in [-0.2, -0.15) is 0 Å². The van der Waals surface area contributed by atoms with Crippen LogP contribution < -0.4 is 5.32 Å². The largest absolute Gasteiger partial charge is 0.481 e. The molecular weight excluding hydrogens is 208 g/mol. The van der Waals surface area contributed by atoms with Gasteiger partial charge in [0.25, 0.3) is 0 Å². The zero-order chi connectivity index (χ0) is 12.7. The van der Waals surface area contributed by atoms with Gasteiger partial charge in [-0.05, 0) is 40.8 Å². The average molecular weight is 230 g/mol. The van der Waals surface area contributed by atoms with E-state index in [9.17, 15) is 9.59 Å². The van der Waals surface area contributed by atoms with E-state index in [4.69, 9.17) is 5.11 Å². The van der Waals surface area contributed by atoms with Crippen LogP contribution in [0.25, 0.3) is 0 Å². The molecule has 5 nitrogen and oxygen atoms in total. The molecule has 0 aromatic carbocycles. The van der Waals surface area contributed by atoms with Gasteiger partial charge in [0, 0.05) is 12.5 Å². The summed E-state index contributed by atoms with van der Waals surface area (Å²) in [5, 5.41) is 11.3. The predicted molar refractivity (Wildman–Crippen MR) is 62.2 cm³/mol. The highest BCUT2D eigenvalue weighted by Gasteiger charge is 2.18. The second-order valence-corrected chi connectivity index (χ2v) is 4.32. The number of amides is 1. The van der Waals surface area contributed by atoms with Crippen LogP contribution in [0.15, 0.2) is 0 Å². The highest BCUT2D eigenvalue weighted by atomic mass is 16.4. The first-order valence-electron chi connectivity index (χ1n) is 5.57. The Bertz CT molecular complexity index is 241. The number of nitrogens with zero attached hydrogens (tertiary/aromatic N) is 1. The summed E-state index contributed by atoms with van der Waals surface area (Å²) < 4.78 is 0. The molecule has 2 N–H and O–H groups in total. The molecule has 0 aromatic heterocycles. The smallest absolute Gasteiger partial charge is 0.303 e. The second kappa shape index (κ2) is 7.22. The van der Waals surface area contributed by atoms with Gasteiger partial charge in [-0.15, -0.1) is 0 Å².